The van der Waals surface area contributed by atoms with E-state index in [0.29, 0.717) is 6.04 Å². The zero-order chi connectivity index (χ0) is 29.3. The number of hydrogen-bond donors (Lipinski definition) is 1. The van der Waals surface area contributed by atoms with E-state index < -0.39 is 10.1 Å². The second-order valence-electron chi connectivity index (χ2n) is 11.6. The van der Waals surface area contributed by atoms with E-state index in [2.05, 4.69) is 58.9 Å². The van der Waals surface area contributed by atoms with E-state index in [4.69, 9.17) is 0 Å². The van der Waals surface area contributed by atoms with Crippen LogP contribution in [0, 0.1) is 0 Å². The first-order valence-corrected chi connectivity index (χ1v) is 17.6. The third kappa shape index (κ3) is 11.9. The molecule has 1 atom stereocenters. The standard InChI is InChI=1S/C18H30O3S.C16H24N3/c1-2-3-4-5-6-7-8-9-10-11-12-17-13-15-18(16-14-17)22(19,20)21;1-2-3-11-18-13-19(12-14-7-6-10-17-14)16-9-5-4-8-15(16)18/h13-16H,2-12H2,1H3,(H,19,20,21);4-5,8-9,13-14,17H,2-3,6-7,10-12H2,1H3/q;+1/p-1/t;14-/m.0/s1. The van der Waals surface area contributed by atoms with Crippen LogP contribution in [-0.2, 0) is 29.6 Å². The highest BCUT2D eigenvalue weighted by atomic mass is 32.2. The number of imidazole rings is 1. The minimum atomic E-state index is -4.31. The van der Waals surface area contributed by atoms with Gasteiger partial charge >= 0.3 is 0 Å². The summed E-state index contributed by atoms with van der Waals surface area (Å²) < 4.78 is 37.3. The second kappa shape index (κ2) is 18.3. The molecule has 3 aromatic rings. The first-order valence-electron chi connectivity index (χ1n) is 16.2. The number of hydrogen-bond acceptors (Lipinski definition) is 4. The molecule has 0 unspecified atom stereocenters. The molecular weight excluding hydrogens is 530 g/mol. The average Bonchev–Trinajstić information content (AvgIpc) is 3.61. The number of para-hydroxylation sites is 2. The average molecular weight is 584 g/mol. The van der Waals surface area contributed by atoms with Crippen molar-refractivity contribution in [1.82, 2.24) is 9.88 Å². The summed E-state index contributed by atoms with van der Waals surface area (Å²) in [5.41, 5.74) is 3.84. The van der Waals surface area contributed by atoms with Crippen LogP contribution in [0.5, 0.6) is 0 Å². The van der Waals surface area contributed by atoms with E-state index in [-0.39, 0.29) is 4.90 Å². The van der Waals surface area contributed by atoms with E-state index in [1.807, 2.05) is 0 Å². The number of nitrogens with one attached hydrogen (secondary N) is 1. The summed E-state index contributed by atoms with van der Waals surface area (Å²) in [6, 6.07) is 15.7. The van der Waals surface area contributed by atoms with Crippen LogP contribution < -0.4 is 9.88 Å². The van der Waals surface area contributed by atoms with Crippen LogP contribution >= 0.6 is 0 Å². The zero-order valence-corrected chi connectivity index (χ0v) is 26.3. The molecule has 1 aromatic heterocycles. The van der Waals surface area contributed by atoms with E-state index in [9.17, 15) is 13.0 Å². The highest BCUT2D eigenvalue weighted by molar-refractivity contribution is 7.85. The number of aromatic nitrogens is 2. The van der Waals surface area contributed by atoms with Crippen molar-refractivity contribution in [3.8, 4) is 0 Å². The molecule has 1 N–H and O–H groups in total. The molecule has 4 rings (SSSR count). The van der Waals surface area contributed by atoms with Crippen molar-refractivity contribution in [3.63, 3.8) is 0 Å². The van der Waals surface area contributed by atoms with Crippen molar-refractivity contribution in [3.05, 3.63) is 60.4 Å². The zero-order valence-electron chi connectivity index (χ0n) is 25.5. The van der Waals surface area contributed by atoms with Crippen molar-refractivity contribution in [2.75, 3.05) is 6.54 Å². The fourth-order valence-corrected chi connectivity index (χ4v) is 6.15. The maximum absolute atomic E-state index is 10.8. The largest absolute Gasteiger partial charge is 0.744 e. The van der Waals surface area contributed by atoms with Gasteiger partial charge in [-0.05, 0) is 68.5 Å². The molecule has 41 heavy (non-hydrogen) atoms. The molecule has 0 amide bonds. The van der Waals surface area contributed by atoms with Crippen LogP contribution in [0.15, 0.2) is 59.8 Å². The van der Waals surface area contributed by atoms with Crippen molar-refractivity contribution in [2.24, 2.45) is 0 Å². The number of benzene rings is 2. The summed E-state index contributed by atoms with van der Waals surface area (Å²) in [6.07, 6.45) is 21.5. The van der Waals surface area contributed by atoms with Crippen molar-refractivity contribution < 1.29 is 17.5 Å². The monoisotopic (exact) mass is 583 g/mol. The quantitative estimate of drug-likeness (QED) is 0.101. The Kier molecular flexibility index (Phi) is 14.9. The van der Waals surface area contributed by atoms with Gasteiger partial charge in [0.15, 0.2) is 11.0 Å². The van der Waals surface area contributed by atoms with Gasteiger partial charge in [0.05, 0.1) is 11.4 Å². The Morgan fingerprint density at radius 2 is 1.49 bits per heavy atom. The lowest BCUT2D eigenvalue weighted by atomic mass is 10.0. The lowest BCUT2D eigenvalue weighted by Gasteiger charge is -2.08. The molecule has 1 aliphatic rings. The topological polar surface area (TPSA) is 78.0 Å². The molecule has 0 spiro atoms. The fraction of sp³-hybridized carbons (Fsp3) is 0.618. The molecule has 1 saturated heterocycles. The molecule has 0 aliphatic carbocycles. The van der Waals surface area contributed by atoms with E-state index in [1.54, 1.807) is 12.1 Å². The highest BCUT2D eigenvalue weighted by Crippen LogP contribution is 2.15. The summed E-state index contributed by atoms with van der Waals surface area (Å²) >= 11 is 0. The van der Waals surface area contributed by atoms with Gasteiger partial charge in [-0.2, -0.15) is 0 Å². The number of nitrogens with zero attached hydrogens (tertiary/aromatic N) is 2. The van der Waals surface area contributed by atoms with Gasteiger partial charge in [0.2, 0.25) is 6.33 Å². The maximum Gasteiger partial charge on any atom is 0.244 e. The number of unbranched alkanes of at least 4 members (excludes halogenated alkanes) is 10. The van der Waals surface area contributed by atoms with Gasteiger partial charge in [-0.1, -0.05) is 102 Å². The Balaban J connectivity index is 0.000000227. The normalized spacial score (nSPS) is 15.2. The molecule has 228 valence electrons. The smallest absolute Gasteiger partial charge is 0.244 e. The molecule has 1 fully saturated rings. The third-order valence-electron chi connectivity index (χ3n) is 8.14. The third-order valence-corrected chi connectivity index (χ3v) is 8.99. The number of rotatable bonds is 17. The molecule has 7 heteroatoms. The van der Waals surface area contributed by atoms with Gasteiger partial charge in [0.1, 0.15) is 16.7 Å². The van der Waals surface area contributed by atoms with Crippen LogP contribution in [0.3, 0.4) is 0 Å². The Bertz CT molecular complexity index is 1230. The van der Waals surface area contributed by atoms with Crippen LogP contribution in [-0.4, -0.2) is 30.1 Å². The van der Waals surface area contributed by atoms with Crippen LogP contribution in [0.25, 0.3) is 11.0 Å². The van der Waals surface area contributed by atoms with Gasteiger partial charge in [-0.15, -0.1) is 0 Å². The highest BCUT2D eigenvalue weighted by Gasteiger charge is 2.21. The summed E-state index contributed by atoms with van der Waals surface area (Å²) in [7, 11) is -4.31. The predicted octanol–water partition coefficient (Wildman–Crippen LogP) is 7.54. The first-order chi connectivity index (χ1) is 19.9. The molecule has 2 heterocycles. The Labute approximate surface area is 249 Å². The van der Waals surface area contributed by atoms with Crippen molar-refractivity contribution >= 4 is 21.2 Å². The molecule has 0 saturated carbocycles. The Morgan fingerprint density at radius 3 is 2.10 bits per heavy atom. The van der Waals surface area contributed by atoms with Gasteiger partial charge in [-0.3, -0.25) is 0 Å². The van der Waals surface area contributed by atoms with Crippen LogP contribution in [0.1, 0.15) is 109 Å². The number of fused-ring (bicyclic) bond motifs is 1. The van der Waals surface area contributed by atoms with E-state index >= 15 is 0 Å². The summed E-state index contributed by atoms with van der Waals surface area (Å²) in [5.74, 6) is 0. The van der Waals surface area contributed by atoms with Crippen LogP contribution in [0.2, 0.25) is 0 Å². The summed E-state index contributed by atoms with van der Waals surface area (Å²) in [6.45, 7) is 7.90. The minimum Gasteiger partial charge on any atom is -0.744 e. The Morgan fingerprint density at radius 1 is 0.854 bits per heavy atom. The summed E-state index contributed by atoms with van der Waals surface area (Å²) in [4.78, 5) is -0.140. The first kappa shape index (κ1) is 33.3. The predicted molar refractivity (Wildman–Crippen MR) is 168 cm³/mol. The summed E-state index contributed by atoms with van der Waals surface area (Å²) in [5, 5.41) is 3.59. The molecule has 2 aromatic carbocycles. The lowest BCUT2D eigenvalue weighted by Crippen LogP contribution is -2.42. The molecular formula is C34H53N3O3S. The van der Waals surface area contributed by atoms with Crippen molar-refractivity contribution in [1.29, 1.82) is 0 Å². The maximum atomic E-state index is 10.8. The van der Waals surface area contributed by atoms with Crippen LogP contribution in [0.4, 0.5) is 0 Å². The van der Waals surface area contributed by atoms with E-state index in [1.165, 1.54) is 113 Å². The SMILES string of the molecule is CCCCCCCCCCCCc1ccc(S(=O)(=O)[O-])cc1.CCCCn1c[n+](C[C@@H]2CCCN2)c2ccccc21. The molecule has 6 nitrogen and oxygen atoms in total. The Hall–Kier alpha value is -2.22. The van der Waals surface area contributed by atoms with E-state index in [0.717, 1.165) is 31.5 Å². The van der Waals surface area contributed by atoms with Crippen molar-refractivity contribution in [2.45, 2.75) is 134 Å². The van der Waals surface area contributed by atoms with Gasteiger partial charge in [-0.25, -0.2) is 17.6 Å². The lowest BCUT2D eigenvalue weighted by molar-refractivity contribution is -0.674. The second-order valence-corrected chi connectivity index (χ2v) is 13.0. The van der Waals surface area contributed by atoms with Gasteiger partial charge in [0.25, 0.3) is 0 Å². The minimum absolute atomic E-state index is 0.140. The van der Waals surface area contributed by atoms with Gasteiger partial charge < -0.3 is 9.87 Å². The van der Waals surface area contributed by atoms with Gasteiger partial charge in [0, 0.05) is 6.04 Å². The fourth-order valence-electron chi connectivity index (χ4n) is 5.68. The number of aryl methyl sites for hydroxylation is 2. The molecule has 1 aliphatic heterocycles. The molecule has 0 bridgehead atoms. The molecule has 0 radical (unpaired) electrons.